The maximum absolute atomic E-state index is 12.5. The Labute approximate surface area is 109 Å². The Kier molecular flexibility index (Phi) is 4.71. The smallest absolute Gasteiger partial charge is 0.255 e. The van der Waals surface area contributed by atoms with Crippen LogP contribution in [-0.4, -0.2) is 18.3 Å². The van der Waals surface area contributed by atoms with E-state index in [1.165, 1.54) is 0 Å². The van der Waals surface area contributed by atoms with Gasteiger partial charge in [0.2, 0.25) is 0 Å². The Morgan fingerprint density at radius 1 is 1.39 bits per heavy atom. The van der Waals surface area contributed by atoms with Crippen molar-refractivity contribution in [3.8, 4) is 0 Å². The van der Waals surface area contributed by atoms with Crippen LogP contribution in [0.1, 0.15) is 44.9 Å². The summed E-state index contributed by atoms with van der Waals surface area (Å²) in [6, 6.07) is 3.84. The van der Waals surface area contributed by atoms with Gasteiger partial charge in [-0.3, -0.25) is 4.79 Å². The number of hydrogen-bond acceptors (Lipinski definition) is 3. The van der Waals surface area contributed by atoms with Crippen LogP contribution in [-0.2, 0) is 16.8 Å². The highest BCUT2D eigenvalue weighted by Crippen LogP contribution is 2.17. The number of aromatic nitrogens is 1. The lowest BCUT2D eigenvalue weighted by molar-refractivity contribution is 0.184. The van der Waals surface area contributed by atoms with E-state index < -0.39 is 5.54 Å². The zero-order valence-electron chi connectivity index (χ0n) is 12.0. The molecule has 0 aromatic carbocycles. The fraction of sp³-hybridized carbons (Fsp3) is 0.643. The third-order valence-corrected chi connectivity index (χ3v) is 3.01. The Hall–Kier alpha value is -1.13. The number of nitrogens with two attached hydrogens (primary N) is 1. The Morgan fingerprint density at radius 2 is 2.00 bits per heavy atom. The van der Waals surface area contributed by atoms with Crippen molar-refractivity contribution in [1.82, 2.24) is 4.57 Å². The fourth-order valence-corrected chi connectivity index (χ4v) is 2.00. The van der Waals surface area contributed by atoms with Gasteiger partial charge in [-0.25, -0.2) is 0 Å². The minimum absolute atomic E-state index is 0.00856. The molecule has 0 atom stereocenters. The van der Waals surface area contributed by atoms with Gasteiger partial charge in [0.25, 0.3) is 5.56 Å². The summed E-state index contributed by atoms with van der Waals surface area (Å²) in [6.45, 7) is 8.93. The molecular weight excluding hydrogens is 228 g/mol. The predicted octanol–water partition coefficient (Wildman–Crippen LogP) is 1.81. The first-order valence-electron chi connectivity index (χ1n) is 6.31. The van der Waals surface area contributed by atoms with Crippen molar-refractivity contribution in [3.63, 3.8) is 0 Å². The number of ether oxygens (including phenoxy) is 1. The number of nitrogens with zero attached hydrogens (tertiary/aromatic N) is 1. The fourth-order valence-electron chi connectivity index (χ4n) is 2.00. The van der Waals surface area contributed by atoms with Crippen LogP contribution in [0.4, 0.5) is 0 Å². The van der Waals surface area contributed by atoms with E-state index in [1.807, 2.05) is 26.0 Å². The summed E-state index contributed by atoms with van der Waals surface area (Å²) in [5, 5.41) is 0. The first kappa shape index (κ1) is 14.9. The number of pyridine rings is 1. The zero-order chi connectivity index (χ0) is 13.9. The number of hydrogen-bond donors (Lipinski definition) is 1. The van der Waals surface area contributed by atoms with Gasteiger partial charge in [-0.2, -0.15) is 0 Å². The van der Waals surface area contributed by atoms with E-state index in [1.54, 1.807) is 11.7 Å². The van der Waals surface area contributed by atoms with Crippen LogP contribution in [0, 0.1) is 0 Å². The molecule has 102 valence electrons. The van der Waals surface area contributed by atoms with Gasteiger partial charge < -0.3 is 15.0 Å². The lowest BCUT2D eigenvalue weighted by Crippen LogP contribution is -2.39. The van der Waals surface area contributed by atoms with Gasteiger partial charge in [0, 0.05) is 30.5 Å². The van der Waals surface area contributed by atoms with Crippen LogP contribution in [0.15, 0.2) is 16.9 Å². The minimum atomic E-state index is -0.624. The first-order valence-corrected chi connectivity index (χ1v) is 6.31. The van der Waals surface area contributed by atoms with Gasteiger partial charge in [0.1, 0.15) is 0 Å². The standard InChI is InChI=1S/C14H24N2O2/c1-10(2)12-7-6-11(14(3,4)15)13(17)16(12)8-9-18-5/h6-7,10H,8-9,15H2,1-5H3. The molecule has 0 spiro atoms. The molecule has 18 heavy (non-hydrogen) atoms. The normalized spacial score (nSPS) is 12.2. The van der Waals surface area contributed by atoms with Crippen LogP contribution in [0.2, 0.25) is 0 Å². The van der Waals surface area contributed by atoms with Gasteiger partial charge in [0.05, 0.1) is 6.61 Å². The molecule has 0 fully saturated rings. The summed E-state index contributed by atoms with van der Waals surface area (Å²) in [4.78, 5) is 12.5. The summed E-state index contributed by atoms with van der Waals surface area (Å²) < 4.78 is 6.85. The van der Waals surface area contributed by atoms with Crippen molar-refractivity contribution < 1.29 is 4.74 Å². The summed E-state index contributed by atoms with van der Waals surface area (Å²) in [6.07, 6.45) is 0. The van der Waals surface area contributed by atoms with Crippen molar-refractivity contribution in [1.29, 1.82) is 0 Å². The quantitative estimate of drug-likeness (QED) is 0.869. The van der Waals surface area contributed by atoms with Crippen LogP contribution in [0.3, 0.4) is 0 Å². The average molecular weight is 252 g/mol. The molecule has 0 saturated heterocycles. The molecule has 1 heterocycles. The van der Waals surface area contributed by atoms with Crippen LogP contribution in [0.25, 0.3) is 0 Å². The third-order valence-electron chi connectivity index (χ3n) is 3.01. The van der Waals surface area contributed by atoms with Crippen molar-refractivity contribution in [2.45, 2.75) is 45.7 Å². The molecule has 0 aliphatic rings. The summed E-state index contributed by atoms with van der Waals surface area (Å²) in [5.41, 5.74) is 7.06. The second-order valence-corrected chi connectivity index (χ2v) is 5.50. The summed E-state index contributed by atoms with van der Waals surface area (Å²) >= 11 is 0. The van der Waals surface area contributed by atoms with Gasteiger partial charge in [-0.1, -0.05) is 13.8 Å². The second-order valence-electron chi connectivity index (χ2n) is 5.50. The molecule has 0 amide bonds. The maximum atomic E-state index is 12.5. The molecule has 4 heteroatoms. The highest BCUT2D eigenvalue weighted by Gasteiger charge is 2.21. The molecule has 1 aromatic heterocycles. The summed E-state index contributed by atoms with van der Waals surface area (Å²) in [7, 11) is 1.64. The Bertz CT molecular complexity index is 456. The topological polar surface area (TPSA) is 57.2 Å². The SMILES string of the molecule is COCCn1c(C(C)C)ccc(C(C)(C)N)c1=O. The highest BCUT2D eigenvalue weighted by atomic mass is 16.5. The van der Waals surface area contributed by atoms with Crippen molar-refractivity contribution >= 4 is 0 Å². The van der Waals surface area contributed by atoms with Crippen LogP contribution in [0.5, 0.6) is 0 Å². The molecule has 0 aliphatic carbocycles. The first-order chi connectivity index (χ1) is 8.29. The Balaban J connectivity index is 3.36. The lowest BCUT2D eigenvalue weighted by Gasteiger charge is -2.22. The van der Waals surface area contributed by atoms with Gasteiger partial charge in [0.15, 0.2) is 0 Å². The van der Waals surface area contributed by atoms with Crippen molar-refractivity contribution in [2.24, 2.45) is 5.73 Å². The lowest BCUT2D eigenvalue weighted by atomic mass is 9.95. The minimum Gasteiger partial charge on any atom is -0.383 e. The van der Waals surface area contributed by atoms with Gasteiger partial charge >= 0.3 is 0 Å². The average Bonchev–Trinajstić information content (AvgIpc) is 2.25. The molecule has 0 saturated carbocycles. The van der Waals surface area contributed by atoms with Crippen molar-refractivity contribution in [3.05, 3.63) is 33.7 Å². The van der Waals surface area contributed by atoms with E-state index in [2.05, 4.69) is 13.8 Å². The highest BCUT2D eigenvalue weighted by molar-refractivity contribution is 5.23. The maximum Gasteiger partial charge on any atom is 0.255 e. The third kappa shape index (κ3) is 3.21. The molecule has 1 aromatic rings. The van der Waals surface area contributed by atoms with Crippen LogP contribution >= 0.6 is 0 Å². The molecule has 0 aliphatic heterocycles. The van der Waals surface area contributed by atoms with E-state index in [0.29, 0.717) is 24.6 Å². The largest absolute Gasteiger partial charge is 0.383 e. The second kappa shape index (κ2) is 5.67. The monoisotopic (exact) mass is 252 g/mol. The van der Waals surface area contributed by atoms with E-state index in [-0.39, 0.29) is 5.56 Å². The van der Waals surface area contributed by atoms with E-state index in [0.717, 1.165) is 5.69 Å². The van der Waals surface area contributed by atoms with Crippen molar-refractivity contribution in [2.75, 3.05) is 13.7 Å². The number of methoxy groups -OCH3 is 1. The summed E-state index contributed by atoms with van der Waals surface area (Å²) in [5.74, 6) is 0.296. The van der Waals surface area contributed by atoms with E-state index in [4.69, 9.17) is 10.5 Å². The molecule has 0 radical (unpaired) electrons. The van der Waals surface area contributed by atoms with Gasteiger partial charge in [-0.15, -0.1) is 0 Å². The molecule has 2 N–H and O–H groups in total. The zero-order valence-corrected chi connectivity index (χ0v) is 12.0. The van der Waals surface area contributed by atoms with E-state index >= 15 is 0 Å². The molecular formula is C14H24N2O2. The number of rotatable bonds is 5. The molecule has 1 rings (SSSR count). The Morgan fingerprint density at radius 3 is 2.44 bits per heavy atom. The van der Waals surface area contributed by atoms with E-state index in [9.17, 15) is 4.79 Å². The molecule has 0 unspecified atom stereocenters. The molecule has 4 nitrogen and oxygen atoms in total. The predicted molar refractivity (Wildman–Crippen MR) is 73.9 cm³/mol. The van der Waals surface area contributed by atoms with Gasteiger partial charge in [-0.05, 0) is 31.9 Å². The molecule has 0 bridgehead atoms. The van der Waals surface area contributed by atoms with Crippen LogP contribution < -0.4 is 11.3 Å².